The Morgan fingerprint density at radius 3 is 2.33 bits per heavy atom. The summed E-state index contributed by atoms with van der Waals surface area (Å²) in [5.74, 6) is 1.50. The highest BCUT2D eigenvalue weighted by atomic mass is 127. The number of nitrogens with zero attached hydrogens (tertiary/aromatic N) is 3. The third kappa shape index (κ3) is 10.1. The first-order valence-electron chi connectivity index (χ1n) is 12.2. The van der Waals surface area contributed by atoms with Crippen LogP contribution in [-0.4, -0.2) is 87.0 Å². The number of ether oxygens (including phenoxy) is 2. The second kappa shape index (κ2) is 14.5. The van der Waals surface area contributed by atoms with Crippen LogP contribution >= 0.6 is 24.0 Å². The fraction of sp³-hybridized carbons (Fsp3) is 0.720. The van der Waals surface area contributed by atoms with Gasteiger partial charge in [0.1, 0.15) is 0 Å². The van der Waals surface area contributed by atoms with Crippen LogP contribution in [0, 0.1) is 5.92 Å². The first-order valence-corrected chi connectivity index (χ1v) is 12.2. The van der Waals surface area contributed by atoms with Crippen LogP contribution in [-0.2, 0) is 22.6 Å². The summed E-state index contributed by atoms with van der Waals surface area (Å²) in [5.41, 5.74) is 2.59. The van der Waals surface area contributed by atoms with Gasteiger partial charge < -0.3 is 20.1 Å². The van der Waals surface area contributed by atoms with Crippen molar-refractivity contribution in [2.45, 2.75) is 59.1 Å². The molecule has 3 unspecified atom stereocenters. The molecule has 1 aromatic rings. The normalized spacial score (nSPS) is 25.0. The Hall–Kier alpha value is -0.940. The van der Waals surface area contributed by atoms with Gasteiger partial charge in [0.25, 0.3) is 0 Å². The molecular formula is C25H44IN5O2. The summed E-state index contributed by atoms with van der Waals surface area (Å²) in [7, 11) is 1.82. The van der Waals surface area contributed by atoms with Gasteiger partial charge in [-0.05, 0) is 30.9 Å². The Morgan fingerprint density at radius 1 is 1.03 bits per heavy atom. The van der Waals surface area contributed by atoms with Crippen molar-refractivity contribution in [3.05, 3.63) is 35.4 Å². The molecule has 0 aromatic heterocycles. The molecule has 0 aliphatic carbocycles. The molecule has 188 valence electrons. The molecule has 0 amide bonds. The van der Waals surface area contributed by atoms with E-state index in [0.717, 1.165) is 64.9 Å². The van der Waals surface area contributed by atoms with Gasteiger partial charge in [0.05, 0.1) is 24.9 Å². The number of guanidine groups is 1. The van der Waals surface area contributed by atoms with Crippen LogP contribution in [0.4, 0.5) is 0 Å². The maximum atomic E-state index is 5.94. The van der Waals surface area contributed by atoms with Gasteiger partial charge in [-0.2, -0.15) is 0 Å². The predicted octanol–water partition coefficient (Wildman–Crippen LogP) is 2.94. The molecule has 2 N–H and O–H groups in total. The molecule has 0 bridgehead atoms. The lowest BCUT2D eigenvalue weighted by molar-refractivity contribution is -0.0704. The Balaban J connectivity index is 0.00000385. The molecule has 33 heavy (non-hydrogen) atoms. The monoisotopic (exact) mass is 573 g/mol. The van der Waals surface area contributed by atoms with Gasteiger partial charge in [-0.1, -0.05) is 38.1 Å². The molecule has 3 atom stereocenters. The molecule has 1 aromatic carbocycles. The minimum Gasteiger partial charge on any atom is -0.374 e. The maximum Gasteiger partial charge on any atom is 0.191 e. The van der Waals surface area contributed by atoms with E-state index in [1.165, 1.54) is 11.1 Å². The smallest absolute Gasteiger partial charge is 0.191 e. The van der Waals surface area contributed by atoms with E-state index < -0.39 is 0 Å². The Labute approximate surface area is 217 Å². The molecule has 2 saturated heterocycles. The molecule has 2 fully saturated rings. The highest BCUT2D eigenvalue weighted by molar-refractivity contribution is 14.0. The van der Waals surface area contributed by atoms with Crippen LogP contribution in [0.2, 0.25) is 0 Å². The molecule has 7 nitrogen and oxygen atoms in total. The van der Waals surface area contributed by atoms with Crippen LogP contribution in [0.15, 0.2) is 29.3 Å². The molecular weight excluding hydrogens is 529 g/mol. The number of hydrogen-bond acceptors (Lipinski definition) is 5. The predicted molar refractivity (Wildman–Crippen MR) is 146 cm³/mol. The SMILES string of the molecule is CN=C(NCc1ccc(CN2CC(C)OC(C)C2)cc1)NCC1CN(CC(C)C)CCO1.I. The third-order valence-electron chi connectivity index (χ3n) is 5.95. The molecule has 3 rings (SSSR count). The second-order valence-corrected chi connectivity index (χ2v) is 9.72. The van der Waals surface area contributed by atoms with Gasteiger partial charge in [-0.3, -0.25) is 14.8 Å². The van der Waals surface area contributed by atoms with E-state index in [4.69, 9.17) is 9.47 Å². The Morgan fingerprint density at radius 2 is 1.70 bits per heavy atom. The van der Waals surface area contributed by atoms with Crippen LogP contribution in [0.25, 0.3) is 0 Å². The van der Waals surface area contributed by atoms with Crippen molar-refractivity contribution in [2.24, 2.45) is 10.9 Å². The summed E-state index contributed by atoms with van der Waals surface area (Å²) in [6, 6.07) is 8.88. The van der Waals surface area contributed by atoms with Crippen molar-refractivity contribution in [3.8, 4) is 0 Å². The molecule has 2 aliphatic heterocycles. The van der Waals surface area contributed by atoms with Gasteiger partial charge in [-0.25, -0.2) is 0 Å². The zero-order valence-corrected chi connectivity index (χ0v) is 23.4. The van der Waals surface area contributed by atoms with Crippen molar-refractivity contribution >= 4 is 29.9 Å². The van der Waals surface area contributed by atoms with Crippen LogP contribution < -0.4 is 10.6 Å². The van der Waals surface area contributed by atoms with Gasteiger partial charge in [-0.15, -0.1) is 24.0 Å². The lowest BCUT2D eigenvalue weighted by Crippen LogP contribution is -2.50. The van der Waals surface area contributed by atoms with E-state index >= 15 is 0 Å². The van der Waals surface area contributed by atoms with Crippen molar-refractivity contribution in [2.75, 3.05) is 52.9 Å². The lowest BCUT2D eigenvalue weighted by Gasteiger charge is -2.35. The van der Waals surface area contributed by atoms with Crippen molar-refractivity contribution < 1.29 is 9.47 Å². The molecule has 8 heteroatoms. The average Bonchev–Trinajstić information content (AvgIpc) is 2.74. The largest absolute Gasteiger partial charge is 0.374 e. The summed E-state index contributed by atoms with van der Waals surface area (Å²) >= 11 is 0. The molecule has 0 saturated carbocycles. The first kappa shape index (κ1) is 28.3. The fourth-order valence-corrected chi connectivity index (χ4v) is 4.64. The van der Waals surface area contributed by atoms with E-state index in [0.29, 0.717) is 18.1 Å². The van der Waals surface area contributed by atoms with Crippen molar-refractivity contribution in [1.82, 2.24) is 20.4 Å². The zero-order valence-electron chi connectivity index (χ0n) is 21.0. The van der Waals surface area contributed by atoms with Gasteiger partial charge in [0.15, 0.2) is 5.96 Å². The van der Waals surface area contributed by atoms with Crippen LogP contribution in [0.3, 0.4) is 0 Å². The van der Waals surface area contributed by atoms with E-state index in [1.807, 2.05) is 7.05 Å². The second-order valence-electron chi connectivity index (χ2n) is 9.72. The number of hydrogen-bond donors (Lipinski definition) is 2. The van der Waals surface area contributed by atoms with Gasteiger partial charge in [0.2, 0.25) is 0 Å². The van der Waals surface area contributed by atoms with Crippen LogP contribution in [0.1, 0.15) is 38.8 Å². The summed E-state index contributed by atoms with van der Waals surface area (Å²) in [6.45, 7) is 17.3. The minimum absolute atomic E-state index is 0. The number of morpholine rings is 2. The minimum atomic E-state index is 0. The third-order valence-corrected chi connectivity index (χ3v) is 5.95. The van der Waals surface area contributed by atoms with Crippen LogP contribution in [0.5, 0.6) is 0 Å². The number of rotatable bonds is 8. The molecule has 0 radical (unpaired) electrons. The number of aliphatic imine (C=N–C) groups is 1. The van der Waals surface area contributed by atoms with Gasteiger partial charge in [0, 0.05) is 59.4 Å². The van der Waals surface area contributed by atoms with E-state index in [2.05, 4.69) is 77.4 Å². The summed E-state index contributed by atoms with van der Waals surface area (Å²) in [5, 5.41) is 6.85. The highest BCUT2D eigenvalue weighted by Crippen LogP contribution is 2.15. The number of halogens is 1. The van der Waals surface area contributed by atoms with E-state index in [-0.39, 0.29) is 30.1 Å². The van der Waals surface area contributed by atoms with E-state index in [9.17, 15) is 0 Å². The molecule has 2 heterocycles. The Bertz CT molecular complexity index is 705. The zero-order chi connectivity index (χ0) is 22.9. The quantitative estimate of drug-likeness (QED) is 0.284. The van der Waals surface area contributed by atoms with Crippen molar-refractivity contribution in [1.29, 1.82) is 0 Å². The lowest BCUT2D eigenvalue weighted by atomic mass is 10.1. The Kier molecular flexibility index (Phi) is 12.4. The highest BCUT2D eigenvalue weighted by Gasteiger charge is 2.22. The first-order chi connectivity index (χ1) is 15.4. The van der Waals surface area contributed by atoms with E-state index in [1.54, 1.807) is 0 Å². The molecule has 0 spiro atoms. The maximum absolute atomic E-state index is 5.94. The average molecular weight is 574 g/mol. The fourth-order valence-electron chi connectivity index (χ4n) is 4.64. The number of nitrogens with one attached hydrogen (secondary N) is 2. The molecule has 2 aliphatic rings. The summed E-state index contributed by atoms with van der Waals surface area (Å²) in [4.78, 5) is 9.35. The standard InChI is InChI=1S/C25H43N5O2.HI/c1-19(2)14-29-10-11-31-24(18-29)13-28-25(26-5)27-12-22-6-8-23(9-7-22)17-30-15-20(3)32-21(4)16-30;/h6-9,19-21,24H,10-18H2,1-5H3,(H2,26,27,28);1H. The number of benzene rings is 1. The summed E-state index contributed by atoms with van der Waals surface area (Å²) in [6.07, 6.45) is 0.809. The van der Waals surface area contributed by atoms with Gasteiger partial charge >= 0.3 is 0 Å². The summed E-state index contributed by atoms with van der Waals surface area (Å²) < 4.78 is 11.8. The topological polar surface area (TPSA) is 61.4 Å². The van der Waals surface area contributed by atoms with Crippen molar-refractivity contribution in [3.63, 3.8) is 0 Å².